The molecule has 1 heterocycles. The van der Waals surface area contributed by atoms with Crippen LogP contribution < -0.4 is 10.6 Å². The third kappa shape index (κ3) is 5.81. The van der Waals surface area contributed by atoms with Gasteiger partial charge in [0.15, 0.2) is 5.78 Å². The van der Waals surface area contributed by atoms with Crippen molar-refractivity contribution in [1.82, 2.24) is 10.2 Å². The van der Waals surface area contributed by atoms with Crippen LogP contribution in [-0.2, 0) is 6.54 Å². The van der Waals surface area contributed by atoms with E-state index in [2.05, 4.69) is 27.7 Å². The van der Waals surface area contributed by atoms with Gasteiger partial charge in [-0.3, -0.25) is 9.69 Å². The fourth-order valence-corrected chi connectivity index (χ4v) is 3.35. The number of ketones is 1. The number of carbonyl (C=O) groups is 2. The number of benzene rings is 2. The molecule has 0 atom stereocenters. The third-order valence-corrected chi connectivity index (χ3v) is 5.04. The summed E-state index contributed by atoms with van der Waals surface area (Å²) >= 11 is 5.93. The standard InChI is InChI=1S/C21H24ClN3O2/c1-15(26)17-4-8-19(9-5-17)23-21(27)24-20-10-12-25(13-11-20)14-16-2-6-18(22)7-3-16/h2-9,20H,10-14H2,1H3,(H2,23,24,27). The first kappa shape index (κ1) is 19.4. The molecular weight excluding hydrogens is 362 g/mol. The SMILES string of the molecule is CC(=O)c1ccc(NC(=O)NC2CCN(Cc3ccc(Cl)cc3)CC2)cc1. The molecule has 0 bridgehead atoms. The number of piperidine rings is 1. The number of anilines is 1. The normalized spacial score (nSPS) is 15.3. The van der Waals surface area contributed by atoms with Gasteiger partial charge in [-0.25, -0.2) is 4.79 Å². The van der Waals surface area contributed by atoms with E-state index < -0.39 is 0 Å². The van der Waals surface area contributed by atoms with Crippen LogP contribution in [0.4, 0.5) is 10.5 Å². The van der Waals surface area contributed by atoms with Crippen molar-refractivity contribution >= 4 is 29.1 Å². The highest BCUT2D eigenvalue weighted by Gasteiger charge is 2.20. The molecule has 1 fully saturated rings. The van der Waals surface area contributed by atoms with Crippen molar-refractivity contribution in [3.8, 4) is 0 Å². The molecule has 0 aromatic heterocycles. The molecule has 0 spiro atoms. The summed E-state index contributed by atoms with van der Waals surface area (Å²) in [5.41, 5.74) is 2.56. The third-order valence-electron chi connectivity index (χ3n) is 4.79. The molecule has 1 aliphatic heterocycles. The molecule has 6 heteroatoms. The van der Waals surface area contributed by atoms with Crippen LogP contribution in [0.5, 0.6) is 0 Å². The molecule has 142 valence electrons. The first-order valence-electron chi connectivity index (χ1n) is 9.15. The lowest BCUT2D eigenvalue weighted by molar-refractivity contribution is 0.101. The molecule has 0 saturated carbocycles. The Balaban J connectivity index is 1.42. The summed E-state index contributed by atoms with van der Waals surface area (Å²) in [6, 6.07) is 14.8. The van der Waals surface area contributed by atoms with Gasteiger partial charge >= 0.3 is 6.03 Å². The molecule has 1 aliphatic rings. The van der Waals surface area contributed by atoms with Crippen LogP contribution in [0.1, 0.15) is 35.7 Å². The lowest BCUT2D eigenvalue weighted by Crippen LogP contribution is -2.45. The number of carbonyl (C=O) groups excluding carboxylic acids is 2. The summed E-state index contributed by atoms with van der Waals surface area (Å²) in [6.45, 7) is 4.31. The Hall–Kier alpha value is -2.37. The summed E-state index contributed by atoms with van der Waals surface area (Å²) in [4.78, 5) is 25.9. The van der Waals surface area contributed by atoms with E-state index in [-0.39, 0.29) is 17.9 Å². The van der Waals surface area contributed by atoms with Crippen LogP contribution >= 0.6 is 11.6 Å². The zero-order chi connectivity index (χ0) is 19.2. The first-order chi connectivity index (χ1) is 13.0. The number of nitrogens with zero attached hydrogens (tertiary/aromatic N) is 1. The molecule has 0 radical (unpaired) electrons. The van der Waals surface area contributed by atoms with E-state index in [9.17, 15) is 9.59 Å². The molecule has 2 amide bonds. The molecule has 5 nitrogen and oxygen atoms in total. The minimum atomic E-state index is -0.207. The molecular formula is C21H24ClN3O2. The first-order valence-corrected chi connectivity index (χ1v) is 9.53. The summed E-state index contributed by atoms with van der Waals surface area (Å²) in [7, 11) is 0. The minimum absolute atomic E-state index is 0.0105. The van der Waals surface area contributed by atoms with E-state index in [0.29, 0.717) is 11.3 Å². The van der Waals surface area contributed by atoms with E-state index in [4.69, 9.17) is 11.6 Å². The van der Waals surface area contributed by atoms with E-state index in [1.54, 1.807) is 24.3 Å². The highest BCUT2D eigenvalue weighted by molar-refractivity contribution is 6.30. The summed E-state index contributed by atoms with van der Waals surface area (Å²) in [5.74, 6) is 0.0105. The number of hydrogen-bond acceptors (Lipinski definition) is 3. The summed E-state index contributed by atoms with van der Waals surface area (Å²) in [6.07, 6.45) is 1.84. The van der Waals surface area contributed by atoms with Crippen molar-refractivity contribution in [2.24, 2.45) is 0 Å². The minimum Gasteiger partial charge on any atom is -0.335 e. The topological polar surface area (TPSA) is 61.4 Å². The van der Waals surface area contributed by atoms with E-state index in [1.165, 1.54) is 12.5 Å². The Morgan fingerprint density at radius 3 is 2.26 bits per heavy atom. The average Bonchev–Trinajstić information content (AvgIpc) is 2.65. The molecule has 0 aliphatic carbocycles. The Kier molecular flexibility index (Phi) is 6.48. The molecule has 2 aromatic carbocycles. The van der Waals surface area contributed by atoms with Gasteiger partial charge in [-0.2, -0.15) is 0 Å². The fourth-order valence-electron chi connectivity index (χ4n) is 3.22. The van der Waals surface area contributed by atoms with Gasteiger partial charge in [-0.15, -0.1) is 0 Å². The van der Waals surface area contributed by atoms with Crippen LogP contribution in [0, 0.1) is 0 Å². The highest BCUT2D eigenvalue weighted by atomic mass is 35.5. The maximum absolute atomic E-state index is 12.2. The highest BCUT2D eigenvalue weighted by Crippen LogP contribution is 2.16. The number of amides is 2. The van der Waals surface area contributed by atoms with Gasteiger partial charge in [-0.1, -0.05) is 23.7 Å². The molecule has 2 N–H and O–H groups in total. The number of urea groups is 1. The van der Waals surface area contributed by atoms with Crippen molar-refractivity contribution in [3.63, 3.8) is 0 Å². The molecule has 1 saturated heterocycles. The second-order valence-corrected chi connectivity index (χ2v) is 7.35. The van der Waals surface area contributed by atoms with Crippen LogP contribution in [-0.4, -0.2) is 35.8 Å². The molecule has 2 aromatic rings. The van der Waals surface area contributed by atoms with Gasteiger partial charge in [0, 0.05) is 41.9 Å². The number of rotatable bonds is 5. The smallest absolute Gasteiger partial charge is 0.319 e. The van der Waals surface area contributed by atoms with Crippen molar-refractivity contribution in [3.05, 3.63) is 64.7 Å². The number of Topliss-reactive ketones (excluding diaryl/α,β-unsaturated/α-hetero) is 1. The van der Waals surface area contributed by atoms with Gasteiger partial charge < -0.3 is 10.6 Å². The van der Waals surface area contributed by atoms with E-state index in [0.717, 1.165) is 37.5 Å². The van der Waals surface area contributed by atoms with Gasteiger partial charge in [-0.05, 0) is 61.7 Å². The Labute approximate surface area is 164 Å². The maximum atomic E-state index is 12.2. The van der Waals surface area contributed by atoms with E-state index in [1.807, 2.05) is 12.1 Å². The average molecular weight is 386 g/mol. The number of halogens is 1. The van der Waals surface area contributed by atoms with E-state index >= 15 is 0 Å². The monoisotopic (exact) mass is 385 g/mol. The lowest BCUT2D eigenvalue weighted by Gasteiger charge is -2.32. The van der Waals surface area contributed by atoms with Crippen LogP contribution in [0.25, 0.3) is 0 Å². The zero-order valence-electron chi connectivity index (χ0n) is 15.4. The second-order valence-electron chi connectivity index (χ2n) is 6.91. The Morgan fingerprint density at radius 2 is 1.67 bits per heavy atom. The van der Waals surface area contributed by atoms with Crippen molar-refractivity contribution < 1.29 is 9.59 Å². The molecule has 3 rings (SSSR count). The number of hydrogen-bond donors (Lipinski definition) is 2. The lowest BCUT2D eigenvalue weighted by atomic mass is 10.0. The molecule has 27 heavy (non-hydrogen) atoms. The van der Waals surface area contributed by atoms with Gasteiger partial charge in [0.2, 0.25) is 0 Å². The predicted molar refractivity (Wildman–Crippen MR) is 108 cm³/mol. The second kappa shape index (κ2) is 9.02. The number of likely N-dealkylation sites (tertiary alicyclic amines) is 1. The van der Waals surface area contributed by atoms with Crippen LogP contribution in [0.3, 0.4) is 0 Å². The quantitative estimate of drug-likeness (QED) is 0.753. The van der Waals surface area contributed by atoms with Crippen molar-refractivity contribution in [1.29, 1.82) is 0 Å². The largest absolute Gasteiger partial charge is 0.335 e. The maximum Gasteiger partial charge on any atom is 0.319 e. The van der Waals surface area contributed by atoms with Crippen molar-refractivity contribution in [2.45, 2.75) is 32.4 Å². The predicted octanol–water partition coefficient (Wildman–Crippen LogP) is 4.33. The molecule has 0 unspecified atom stereocenters. The van der Waals surface area contributed by atoms with Crippen LogP contribution in [0.2, 0.25) is 5.02 Å². The fraction of sp³-hybridized carbons (Fsp3) is 0.333. The van der Waals surface area contributed by atoms with Gasteiger partial charge in [0.25, 0.3) is 0 Å². The zero-order valence-corrected chi connectivity index (χ0v) is 16.1. The Bertz CT molecular complexity index is 782. The van der Waals surface area contributed by atoms with Crippen LogP contribution in [0.15, 0.2) is 48.5 Å². The van der Waals surface area contributed by atoms with Crippen molar-refractivity contribution in [2.75, 3.05) is 18.4 Å². The van der Waals surface area contributed by atoms with Gasteiger partial charge in [0.1, 0.15) is 0 Å². The summed E-state index contributed by atoms with van der Waals surface area (Å²) < 4.78 is 0. The Morgan fingerprint density at radius 1 is 1.04 bits per heavy atom. The van der Waals surface area contributed by atoms with Gasteiger partial charge in [0.05, 0.1) is 0 Å². The summed E-state index contributed by atoms with van der Waals surface area (Å²) in [5, 5.41) is 6.61. The number of nitrogens with one attached hydrogen (secondary N) is 2.